The lowest BCUT2D eigenvalue weighted by atomic mass is 10.1. The summed E-state index contributed by atoms with van der Waals surface area (Å²) in [6, 6.07) is 16.8. The molecule has 0 aliphatic carbocycles. The summed E-state index contributed by atoms with van der Waals surface area (Å²) in [5.41, 5.74) is 11.4. The van der Waals surface area contributed by atoms with E-state index in [2.05, 4.69) is 44.8 Å². The number of aromatic nitrogens is 3. The Hall–Kier alpha value is -2.61. The Morgan fingerprint density at radius 2 is 1.80 bits per heavy atom. The molecule has 1 fully saturated rings. The van der Waals surface area contributed by atoms with Crippen molar-refractivity contribution in [1.82, 2.24) is 19.4 Å². The number of rotatable bonds is 5. The largest absolute Gasteiger partial charge is 0.392 e. The number of imidazole rings is 1. The molecule has 3 N–H and O–H groups in total. The van der Waals surface area contributed by atoms with Crippen LogP contribution in [0.5, 0.6) is 0 Å². The lowest BCUT2D eigenvalue weighted by molar-refractivity contribution is 0.175. The molecule has 0 saturated carbocycles. The highest BCUT2D eigenvalue weighted by Crippen LogP contribution is 2.32. The highest BCUT2D eigenvalue weighted by molar-refractivity contribution is 7.98. The van der Waals surface area contributed by atoms with Gasteiger partial charge in [0.1, 0.15) is 5.52 Å². The summed E-state index contributed by atoms with van der Waals surface area (Å²) in [7, 11) is 0. The maximum absolute atomic E-state index is 9.73. The van der Waals surface area contributed by atoms with Crippen LogP contribution in [0.3, 0.4) is 0 Å². The molecule has 2 aromatic carbocycles. The molecule has 30 heavy (non-hydrogen) atoms. The molecule has 4 aromatic rings. The van der Waals surface area contributed by atoms with Gasteiger partial charge in [-0.2, -0.15) is 0 Å². The van der Waals surface area contributed by atoms with E-state index in [4.69, 9.17) is 10.7 Å². The topological polar surface area (TPSA) is 80.2 Å². The van der Waals surface area contributed by atoms with E-state index < -0.39 is 0 Å². The van der Waals surface area contributed by atoms with E-state index in [1.165, 1.54) is 11.1 Å². The lowest BCUT2D eigenvalue weighted by Crippen LogP contribution is -2.21. The van der Waals surface area contributed by atoms with E-state index >= 15 is 0 Å². The van der Waals surface area contributed by atoms with Crippen LogP contribution in [-0.4, -0.2) is 50.0 Å². The first-order chi connectivity index (χ1) is 14.6. The number of likely N-dealkylation sites (tertiary alicyclic amines) is 1. The number of benzene rings is 2. The smallest absolute Gasteiger partial charge is 0.169 e. The van der Waals surface area contributed by atoms with Gasteiger partial charge >= 0.3 is 0 Å². The molecule has 0 unspecified atom stereocenters. The van der Waals surface area contributed by atoms with E-state index in [1.54, 1.807) is 11.8 Å². The Morgan fingerprint density at radius 3 is 2.50 bits per heavy atom. The van der Waals surface area contributed by atoms with Crippen LogP contribution in [0.4, 0.5) is 5.82 Å². The second-order valence-electron chi connectivity index (χ2n) is 7.89. The highest BCUT2D eigenvalue weighted by Gasteiger charge is 2.20. The van der Waals surface area contributed by atoms with E-state index in [-0.39, 0.29) is 6.10 Å². The van der Waals surface area contributed by atoms with Gasteiger partial charge in [-0.3, -0.25) is 4.90 Å². The van der Waals surface area contributed by atoms with E-state index in [1.807, 2.05) is 24.5 Å². The predicted molar refractivity (Wildman–Crippen MR) is 123 cm³/mol. The van der Waals surface area contributed by atoms with E-state index in [9.17, 15) is 5.11 Å². The number of β-amino-alcohol motifs (C(OH)–C–C–N with tert-alkyl or cyclic N) is 1. The first-order valence-electron chi connectivity index (χ1n) is 10.2. The van der Waals surface area contributed by atoms with Crippen molar-refractivity contribution in [2.45, 2.75) is 30.8 Å². The van der Waals surface area contributed by atoms with Gasteiger partial charge in [0.2, 0.25) is 0 Å². The van der Waals surface area contributed by atoms with Crippen molar-refractivity contribution >= 4 is 39.5 Å². The zero-order valence-corrected chi connectivity index (χ0v) is 17.8. The normalized spacial score (nSPS) is 17.3. The van der Waals surface area contributed by atoms with Crippen molar-refractivity contribution in [2.75, 3.05) is 25.1 Å². The third-order valence-corrected chi connectivity index (χ3v) is 6.45. The molecule has 1 atom stereocenters. The number of para-hydroxylation sites is 1. The highest BCUT2D eigenvalue weighted by atomic mass is 32.2. The lowest BCUT2D eigenvalue weighted by Gasteiger charge is -2.15. The summed E-state index contributed by atoms with van der Waals surface area (Å²) < 4.78 is 2.24. The molecule has 3 heterocycles. The first-order valence-corrected chi connectivity index (χ1v) is 11.4. The van der Waals surface area contributed by atoms with Crippen LogP contribution in [0.15, 0.2) is 53.7 Å². The van der Waals surface area contributed by atoms with Crippen LogP contribution in [0.2, 0.25) is 0 Å². The molecule has 5 rings (SSSR count). The maximum atomic E-state index is 9.73. The number of aliphatic hydroxyl groups excluding tert-OH is 1. The minimum atomic E-state index is -0.180. The number of nitrogen functional groups attached to an aromatic ring is 1. The summed E-state index contributed by atoms with van der Waals surface area (Å²) in [6.07, 6.45) is 2.73. The minimum absolute atomic E-state index is 0.180. The number of hydrogen-bond acceptors (Lipinski definition) is 6. The van der Waals surface area contributed by atoms with Crippen LogP contribution in [0.25, 0.3) is 21.9 Å². The number of nitrogens with zero attached hydrogens (tertiary/aromatic N) is 4. The van der Waals surface area contributed by atoms with E-state index in [0.717, 1.165) is 59.7 Å². The summed E-state index contributed by atoms with van der Waals surface area (Å²) in [5.74, 6) is 0.473. The van der Waals surface area contributed by atoms with Crippen molar-refractivity contribution < 1.29 is 5.11 Å². The van der Waals surface area contributed by atoms with Crippen LogP contribution >= 0.6 is 11.8 Å². The number of hydrogen-bond donors (Lipinski definition) is 2. The molecule has 1 aliphatic heterocycles. The van der Waals surface area contributed by atoms with Gasteiger partial charge in [-0.15, -0.1) is 0 Å². The van der Waals surface area contributed by atoms with Gasteiger partial charge in [-0.05, 0) is 29.9 Å². The molecule has 6 nitrogen and oxygen atoms in total. The van der Waals surface area contributed by atoms with Gasteiger partial charge in [0.25, 0.3) is 0 Å². The zero-order chi connectivity index (χ0) is 20.7. The molecule has 1 saturated heterocycles. The van der Waals surface area contributed by atoms with Gasteiger partial charge in [0.15, 0.2) is 11.0 Å². The monoisotopic (exact) mass is 419 g/mol. The molecule has 154 valence electrons. The number of pyridine rings is 1. The van der Waals surface area contributed by atoms with Crippen LogP contribution in [0.1, 0.15) is 17.5 Å². The number of anilines is 1. The molecule has 0 amide bonds. The zero-order valence-electron chi connectivity index (χ0n) is 17.0. The minimum Gasteiger partial charge on any atom is -0.392 e. The van der Waals surface area contributed by atoms with Crippen molar-refractivity contribution in [1.29, 1.82) is 0 Å². The van der Waals surface area contributed by atoms with Crippen molar-refractivity contribution in [2.24, 2.45) is 0 Å². The third kappa shape index (κ3) is 3.53. The maximum Gasteiger partial charge on any atom is 0.169 e. The fraction of sp³-hybridized carbons (Fsp3) is 0.304. The molecule has 0 spiro atoms. The fourth-order valence-electron chi connectivity index (χ4n) is 4.29. The third-order valence-electron chi connectivity index (χ3n) is 5.78. The van der Waals surface area contributed by atoms with Crippen molar-refractivity contribution in [3.8, 4) is 0 Å². The summed E-state index contributed by atoms with van der Waals surface area (Å²) >= 11 is 1.62. The van der Waals surface area contributed by atoms with Crippen LogP contribution < -0.4 is 5.73 Å². The van der Waals surface area contributed by atoms with E-state index in [0.29, 0.717) is 5.82 Å². The molecule has 0 radical (unpaired) electrons. The van der Waals surface area contributed by atoms with Gasteiger partial charge in [0.05, 0.1) is 23.7 Å². The number of thioether (sulfide) groups is 1. The summed E-state index contributed by atoms with van der Waals surface area (Å²) in [5, 5.41) is 11.7. The Bertz CT molecular complexity index is 1200. The van der Waals surface area contributed by atoms with Crippen molar-refractivity contribution in [3.63, 3.8) is 0 Å². The molecule has 2 aromatic heterocycles. The van der Waals surface area contributed by atoms with Crippen molar-refractivity contribution in [3.05, 3.63) is 59.7 Å². The summed E-state index contributed by atoms with van der Waals surface area (Å²) in [6.45, 7) is 3.34. The Balaban J connectivity index is 1.49. The standard InChI is InChI=1S/C23H25N5OS/c1-30-23-26-20-21(18-4-2-3-5-19(18)25-22(20)24)28(23)13-16-8-6-15(7-9-16)12-27-11-10-17(29)14-27/h2-9,17,29H,10-14H2,1H3,(H2,24,25)/t17-/m0/s1. The Labute approximate surface area is 179 Å². The second kappa shape index (κ2) is 7.91. The average molecular weight is 420 g/mol. The van der Waals surface area contributed by atoms with Gasteiger partial charge in [0, 0.05) is 25.0 Å². The van der Waals surface area contributed by atoms with Gasteiger partial charge in [-0.1, -0.05) is 54.2 Å². The molecular weight excluding hydrogens is 394 g/mol. The molecule has 7 heteroatoms. The molecule has 0 bridgehead atoms. The fourth-order valence-corrected chi connectivity index (χ4v) is 4.85. The first kappa shape index (κ1) is 19.4. The van der Waals surface area contributed by atoms with Crippen LogP contribution in [0, 0.1) is 0 Å². The quantitative estimate of drug-likeness (QED) is 0.482. The number of nitrogens with two attached hydrogens (primary N) is 1. The Kier molecular flexibility index (Phi) is 5.10. The van der Waals surface area contributed by atoms with Crippen LogP contribution in [-0.2, 0) is 13.1 Å². The van der Waals surface area contributed by atoms with Gasteiger partial charge in [-0.25, -0.2) is 9.97 Å². The summed E-state index contributed by atoms with van der Waals surface area (Å²) in [4.78, 5) is 11.6. The SMILES string of the molecule is CSc1nc2c(N)nc3ccccc3c2n1Cc1ccc(CN2CC[C@H](O)C2)cc1. The number of aliphatic hydroxyl groups is 1. The Morgan fingerprint density at radius 1 is 1.07 bits per heavy atom. The molecule has 1 aliphatic rings. The van der Waals surface area contributed by atoms with Gasteiger partial charge < -0.3 is 15.4 Å². The predicted octanol–water partition coefficient (Wildman–Crippen LogP) is 3.50. The molecular formula is C23H25N5OS. The second-order valence-corrected chi connectivity index (χ2v) is 8.66. The average Bonchev–Trinajstić information content (AvgIpc) is 3.33. The number of fused-ring (bicyclic) bond motifs is 3.